The van der Waals surface area contributed by atoms with Crippen molar-refractivity contribution in [2.75, 3.05) is 0 Å². The van der Waals surface area contributed by atoms with E-state index in [4.69, 9.17) is 4.18 Å². The summed E-state index contributed by atoms with van der Waals surface area (Å²) in [6.45, 7) is 3.84. The van der Waals surface area contributed by atoms with Crippen LogP contribution in [0.1, 0.15) is 11.1 Å². The van der Waals surface area contributed by atoms with Crippen molar-refractivity contribution in [3.63, 3.8) is 0 Å². The molecule has 1 heterocycles. The third-order valence-corrected chi connectivity index (χ3v) is 5.57. The van der Waals surface area contributed by atoms with E-state index in [9.17, 15) is 8.42 Å². The van der Waals surface area contributed by atoms with Gasteiger partial charge in [0.05, 0.1) is 10.9 Å². The maximum absolute atomic E-state index is 12.8. The molecule has 1 aromatic heterocycles. The van der Waals surface area contributed by atoms with Crippen molar-refractivity contribution in [1.82, 2.24) is 9.97 Å². The lowest BCUT2D eigenvalue weighted by molar-refractivity contribution is 0.479. The Morgan fingerprint density at radius 3 is 2.18 bits per heavy atom. The zero-order valence-corrected chi connectivity index (χ0v) is 16.3. The number of benzene rings is 3. The zero-order chi connectivity index (χ0) is 19.7. The first-order valence-electron chi connectivity index (χ1n) is 8.77. The van der Waals surface area contributed by atoms with Crippen molar-refractivity contribution < 1.29 is 12.6 Å². The Bertz CT molecular complexity index is 1250. The van der Waals surface area contributed by atoms with E-state index in [-0.39, 0.29) is 10.8 Å². The fraction of sp³-hybridized carbons (Fsp3) is 0.0909. The smallest absolute Gasteiger partial charge is 0.340 e. The highest BCUT2D eigenvalue weighted by Crippen LogP contribution is 2.29. The lowest BCUT2D eigenvalue weighted by atomic mass is 10.1. The largest absolute Gasteiger partial charge is 0.357 e. The summed E-state index contributed by atoms with van der Waals surface area (Å²) in [5, 5.41) is 0.543. The molecule has 5 nitrogen and oxygen atoms in total. The summed E-state index contributed by atoms with van der Waals surface area (Å²) in [5.74, 6) is 0.428. The van der Waals surface area contributed by atoms with Crippen molar-refractivity contribution in [1.29, 1.82) is 0 Å². The van der Waals surface area contributed by atoms with Gasteiger partial charge >= 0.3 is 10.1 Å². The first-order valence-corrected chi connectivity index (χ1v) is 10.2. The van der Waals surface area contributed by atoms with Gasteiger partial charge in [0.15, 0.2) is 5.82 Å². The van der Waals surface area contributed by atoms with E-state index in [0.717, 1.165) is 16.7 Å². The molecular weight excluding hydrogens is 372 g/mol. The molecular formula is C22H18N2O3S. The lowest BCUT2D eigenvalue weighted by Gasteiger charge is -2.11. The lowest BCUT2D eigenvalue weighted by Crippen LogP contribution is -2.11. The van der Waals surface area contributed by atoms with Gasteiger partial charge in [0.2, 0.25) is 5.88 Å². The van der Waals surface area contributed by atoms with Gasteiger partial charge in [-0.1, -0.05) is 54.1 Å². The molecule has 0 atom stereocenters. The number of rotatable bonds is 4. The van der Waals surface area contributed by atoms with Crippen LogP contribution >= 0.6 is 0 Å². The monoisotopic (exact) mass is 390 g/mol. The molecule has 0 saturated carbocycles. The molecule has 28 heavy (non-hydrogen) atoms. The van der Waals surface area contributed by atoms with Crippen LogP contribution in [0, 0.1) is 13.8 Å². The molecule has 0 fully saturated rings. The Morgan fingerprint density at radius 2 is 1.46 bits per heavy atom. The maximum atomic E-state index is 12.8. The Labute approximate surface area is 163 Å². The number of fused-ring (bicyclic) bond motifs is 1. The van der Waals surface area contributed by atoms with Crippen LogP contribution in [0.5, 0.6) is 5.88 Å². The SMILES string of the molecule is Cc1ccc(S(=O)(=O)Oc2nc(-c3ccccc3)nc3cc(C)ccc23)cc1. The Kier molecular flexibility index (Phi) is 4.57. The van der Waals surface area contributed by atoms with E-state index in [1.807, 2.05) is 56.3 Å². The van der Waals surface area contributed by atoms with E-state index in [1.54, 1.807) is 18.2 Å². The van der Waals surface area contributed by atoms with Gasteiger partial charge < -0.3 is 4.18 Å². The van der Waals surface area contributed by atoms with Crippen LogP contribution in [0.15, 0.2) is 77.7 Å². The normalized spacial score (nSPS) is 11.5. The predicted octanol–water partition coefficient (Wildman–Crippen LogP) is 4.68. The van der Waals surface area contributed by atoms with Crippen molar-refractivity contribution in [3.8, 4) is 17.3 Å². The molecule has 0 aliphatic rings. The molecule has 0 N–H and O–H groups in total. The minimum absolute atomic E-state index is 0.0180. The molecule has 0 spiro atoms. The van der Waals surface area contributed by atoms with Crippen LogP contribution in [-0.2, 0) is 10.1 Å². The Balaban J connectivity index is 1.86. The molecule has 140 valence electrons. The summed E-state index contributed by atoms with van der Waals surface area (Å²) >= 11 is 0. The van der Waals surface area contributed by atoms with Crippen LogP contribution in [0.2, 0.25) is 0 Å². The fourth-order valence-electron chi connectivity index (χ4n) is 2.85. The molecule has 0 bridgehead atoms. The molecule has 0 saturated heterocycles. The van der Waals surface area contributed by atoms with Crippen LogP contribution in [0.25, 0.3) is 22.3 Å². The average Bonchev–Trinajstić information content (AvgIpc) is 2.68. The number of aromatic nitrogens is 2. The standard InChI is InChI=1S/C22H18N2O3S/c1-15-8-11-18(12-9-15)28(25,26)27-22-19-13-10-16(2)14-20(19)23-21(24-22)17-6-4-3-5-7-17/h3-14H,1-2H3. The second-order valence-corrected chi connectivity index (χ2v) is 8.14. The van der Waals surface area contributed by atoms with Gasteiger partial charge in [-0.15, -0.1) is 0 Å². The first-order chi connectivity index (χ1) is 13.4. The summed E-state index contributed by atoms with van der Waals surface area (Å²) in [6, 6.07) is 21.4. The van der Waals surface area contributed by atoms with E-state index in [2.05, 4.69) is 9.97 Å². The van der Waals surface area contributed by atoms with Gasteiger partial charge in [0, 0.05) is 5.56 Å². The van der Waals surface area contributed by atoms with E-state index in [0.29, 0.717) is 16.7 Å². The number of aryl methyl sites for hydroxylation is 2. The molecule has 0 aliphatic heterocycles. The van der Waals surface area contributed by atoms with Crippen LogP contribution < -0.4 is 4.18 Å². The minimum atomic E-state index is -4.02. The summed E-state index contributed by atoms with van der Waals surface area (Å²) < 4.78 is 31.0. The summed E-state index contributed by atoms with van der Waals surface area (Å²) in [4.78, 5) is 9.09. The maximum Gasteiger partial charge on any atom is 0.340 e. The molecule has 0 unspecified atom stereocenters. The molecule has 0 radical (unpaired) electrons. The third kappa shape index (κ3) is 3.59. The fourth-order valence-corrected chi connectivity index (χ4v) is 3.75. The highest BCUT2D eigenvalue weighted by Gasteiger charge is 2.20. The van der Waals surface area contributed by atoms with Crippen LogP contribution in [0.3, 0.4) is 0 Å². The highest BCUT2D eigenvalue weighted by molar-refractivity contribution is 7.87. The Morgan fingerprint density at radius 1 is 0.786 bits per heavy atom. The van der Waals surface area contributed by atoms with Gasteiger partial charge in [-0.05, 0) is 43.7 Å². The zero-order valence-electron chi connectivity index (χ0n) is 15.5. The average molecular weight is 390 g/mol. The van der Waals surface area contributed by atoms with Crippen molar-refractivity contribution in [3.05, 3.63) is 83.9 Å². The molecule has 4 rings (SSSR count). The number of hydrogen-bond acceptors (Lipinski definition) is 5. The summed E-state index contributed by atoms with van der Waals surface area (Å²) in [7, 11) is -4.02. The number of hydrogen-bond donors (Lipinski definition) is 0. The third-order valence-electron chi connectivity index (χ3n) is 4.35. The molecule has 6 heteroatoms. The van der Waals surface area contributed by atoms with Gasteiger partial charge in [0.1, 0.15) is 4.90 Å². The van der Waals surface area contributed by atoms with Gasteiger partial charge in [0.25, 0.3) is 0 Å². The van der Waals surface area contributed by atoms with Gasteiger partial charge in [-0.25, -0.2) is 4.98 Å². The topological polar surface area (TPSA) is 69.2 Å². The predicted molar refractivity (Wildman–Crippen MR) is 109 cm³/mol. The van der Waals surface area contributed by atoms with Crippen molar-refractivity contribution in [2.24, 2.45) is 0 Å². The summed E-state index contributed by atoms with van der Waals surface area (Å²) in [5.41, 5.74) is 3.39. The van der Waals surface area contributed by atoms with Gasteiger partial charge in [-0.2, -0.15) is 13.4 Å². The molecule has 4 aromatic rings. The Hall–Kier alpha value is -3.25. The van der Waals surface area contributed by atoms with E-state index < -0.39 is 10.1 Å². The molecule has 0 aliphatic carbocycles. The van der Waals surface area contributed by atoms with Crippen LogP contribution in [0.4, 0.5) is 0 Å². The quantitative estimate of drug-likeness (QED) is 0.473. The van der Waals surface area contributed by atoms with Crippen molar-refractivity contribution >= 4 is 21.0 Å². The minimum Gasteiger partial charge on any atom is -0.357 e. The molecule has 0 amide bonds. The van der Waals surface area contributed by atoms with Crippen molar-refractivity contribution in [2.45, 2.75) is 18.7 Å². The van der Waals surface area contributed by atoms with E-state index in [1.165, 1.54) is 12.1 Å². The van der Waals surface area contributed by atoms with Crippen LogP contribution in [-0.4, -0.2) is 18.4 Å². The van der Waals surface area contributed by atoms with Gasteiger partial charge in [-0.3, -0.25) is 0 Å². The molecule has 3 aromatic carbocycles. The second-order valence-electron chi connectivity index (χ2n) is 6.59. The highest BCUT2D eigenvalue weighted by atomic mass is 32.2. The number of nitrogens with zero attached hydrogens (tertiary/aromatic N) is 2. The first kappa shape index (κ1) is 18.1. The second kappa shape index (κ2) is 7.05. The van der Waals surface area contributed by atoms with E-state index >= 15 is 0 Å². The summed E-state index contributed by atoms with van der Waals surface area (Å²) in [6.07, 6.45) is 0.